The molecule has 1 aromatic heterocycles. The number of aromatic nitrogens is 1. The third-order valence-corrected chi connectivity index (χ3v) is 3.47. The molecule has 0 fully saturated rings. The molecule has 0 saturated heterocycles. The van der Waals surface area contributed by atoms with Crippen molar-refractivity contribution in [2.24, 2.45) is 0 Å². The van der Waals surface area contributed by atoms with E-state index in [9.17, 15) is 0 Å². The van der Waals surface area contributed by atoms with Crippen LogP contribution >= 0.6 is 12.2 Å². The van der Waals surface area contributed by atoms with Crippen molar-refractivity contribution in [1.29, 1.82) is 0 Å². The second-order valence-electron chi connectivity index (χ2n) is 4.39. The van der Waals surface area contributed by atoms with Crippen LogP contribution in [0.4, 0.5) is 0 Å². The summed E-state index contributed by atoms with van der Waals surface area (Å²) >= 11 is 5.29. The van der Waals surface area contributed by atoms with Crippen LogP contribution in [0.5, 0.6) is 11.5 Å². The average molecular weight is 299 g/mol. The van der Waals surface area contributed by atoms with Gasteiger partial charge < -0.3 is 13.9 Å². The Hall–Kier alpha value is -2.40. The first kappa shape index (κ1) is 13.6. The smallest absolute Gasteiger partial charge is 0.228 e. The average Bonchev–Trinajstić information content (AvgIpc) is 2.54. The van der Waals surface area contributed by atoms with E-state index in [1.807, 2.05) is 42.5 Å². The third-order valence-electron chi connectivity index (χ3n) is 3.17. The second-order valence-corrected chi connectivity index (χ2v) is 4.76. The van der Waals surface area contributed by atoms with Crippen LogP contribution in [0.15, 0.2) is 46.9 Å². The summed E-state index contributed by atoms with van der Waals surface area (Å²) in [4.78, 5) is 4.51. The maximum atomic E-state index is 5.66. The third kappa shape index (κ3) is 2.48. The summed E-state index contributed by atoms with van der Waals surface area (Å²) < 4.78 is 16.6. The summed E-state index contributed by atoms with van der Waals surface area (Å²) in [5.41, 5.74) is 1.59. The lowest BCUT2D eigenvalue weighted by atomic mass is 10.2. The lowest BCUT2D eigenvalue weighted by Crippen LogP contribution is -1.92. The van der Waals surface area contributed by atoms with Crippen molar-refractivity contribution in [3.05, 3.63) is 47.2 Å². The SMILES string of the molecule is COc1ccc(-c2nc3ccccc3c(=S)o2)cc1OC. The van der Waals surface area contributed by atoms with Gasteiger partial charge in [-0.3, -0.25) is 0 Å². The Morgan fingerprint density at radius 3 is 2.52 bits per heavy atom. The number of rotatable bonds is 3. The molecule has 0 N–H and O–H groups in total. The van der Waals surface area contributed by atoms with Crippen molar-refractivity contribution < 1.29 is 13.9 Å². The molecule has 0 aliphatic rings. The summed E-state index contributed by atoms with van der Waals surface area (Å²) in [6.07, 6.45) is 0. The van der Waals surface area contributed by atoms with Crippen LogP contribution in [0, 0.1) is 4.71 Å². The molecule has 0 amide bonds. The number of methoxy groups -OCH3 is 2. The number of para-hydroxylation sites is 1. The molecule has 0 spiro atoms. The minimum atomic E-state index is 0.422. The normalized spacial score (nSPS) is 10.6. The van der Waals surface area contributed by atoms with Crippen LogP contribution in [0.1, 0.15) is 0 Å². The van der Waals surface area contributed by atoms with E-state index in [4.69, 9.17) is 26.1 Å². The van der Waals surface area contributed by atoms with Gasteiger partial charge in [-0.1, -0.05) is 12.1 Å². The molecule has 5 heteroatoms. The lowest BCUT2D eigenvalue weighted by molar-refractivity contribution is 0.355. The second kappa shape index (κ2) is 5.54. The highest BCUT2D eigenvalue weighted by molar-refractivity contribution is 7.71. The molecule has 2 aromatic carbocycles. The Labute approximate surface area is 127 Å². The van der Waals surface area contributed by atoms with Gasteiger partial charge in [0.15, 0.2) is 11.5 Å². The van der Waals surface area contributed by atoms with Crippen molar-refractivity contribution in [1.82, 2.24) is 4.98 Å². The molecule has 1 heterocycles. The number of hydrogen-bond acceptors (Lipinski definition) is 5. The maximum absolute atomic E-state index is 5.66. The van der Waals surface area contributed by atoms with Gasteiger partial charge in [0.25, 0.3) is 0 Å². The Kier molecular flexibility index (Phi) is 3.58. The highest BCUT2D eigenvalue weighted by Crippen LogP contribution is 2.32. The van der Waals surface area contributed by atoms with E-state index in [1.165, 1.54) is 0 Å². The first-order valence-electron chi connectivity index (χ1n) is 6.35. The minimum absolute atomic E-state index is 0.422. The van der Waals surface area contributed by atoms with Crippen LogP contribution in [0.3, 0.4) is 0 Å². The van der Waals surface area contributed by atoms with Crippen molar-refractivity contribution >= 4 is 23.1 Å². The summed E-state index contributed by atoms with van der Waals surface area (Å²) in [6, 6.07) is 13.1. The van der Waals surface area contributed by atoms with Gasteiger partial charge >= 0.3 is 0 Å². The highest BCUT2D eigenvalue weighted by atomic mass is 32.1. The molecule has 0 radical (unpaired) electrons. The van der Waals surface area contributed by atoms with E-state index < -0.39 is 0 Å². The van der Waals surface area contributed by atoms with Gasteiger partial charge in [-0.15, -0.1) is 0 Å². The Morgan fingerprint density at radius 1 is 1.00 bits per heavy atom. The summed E-state index contributed by atoms with van der Waals surface area (Å²) in [6.45, 7) is 0. The monoisotopic (exact) mass is 299 g/mol. The number of fused-ring (bicyclic) bond motifs is 1. The molecule has 21 heavy (non-hydrogen) atoms. The van der Waals surface area contributed by atoms with Crippen LogP contribution < -0.4 is 9.47 Å². The van der Waals surface area contributed by atoms with Crippen molar-refractivity contribution in [3.63, 3.8) is 0 Å². The molecule has 0 aliphatic heterocycles. The molecule has 0 unspecified atom stereocenters. The van der Waals surface area contributed by atoms with Crippen LogP contribution in [0.25, 0.3) is 22.4 Å². The zero-order chi connectivity index (χ0) is 14.8. The zero-order valence-electron chi connectivity index (χ0n) is 11.6. The van der Waals surface area contributed by atoms with E-state index in [-0.39, 0.29) is 0 Å². The van der Waals surface area contributed by atoms with Gasteiger partial charge in [0.05, 0.1) is 25.1 Å². The van der Waals surface area contributed by atoms with Gasteiger partial charge in [-0.25, -0.2) is 4.98 Å². The Balaban J connectivity index is 2.18. The fourth-order valence-corrected chi connectivity index (χ4v) is 2.36. The molecule has 3 aromatic rings. The van der Waals surface area contributed by atoms with Crippen molar-refractivity contribution in [3.8, 4) is 23.0 Å². The van der Waals surface area contributed by atoms with Gasteiger partial charge in [0.1, 0.15) is 0 Å². The van der Waals surface area contributed by atoms with Crippen LogP contribution in [-0.2, 0) is 0 Å². The molecule has 0 saturated carbocycles. The van der Waals surface area contributed by atoms with Gasteiger partial charge in [0.2, 0.25) is 10.6 Å². The fraction of sp³-hybridized carbons (Fsp3) is 0.125. The zero-order valence-corrected chi connectivity index (χ0v) is 12.4. The standard InChI is InChI=1S/C16H13NO3S/c1-18-13-8-7-10(9-14(13)19-2)15-17-12-6-4-3-5-11(12)16(21)20-15/h3-9H,1-2H3. The van der Waals surface area contributed by atoms with E-state index in [1.54, 1.807) is 14.2 Å². The van der Waals surface area contributed by atoms with Crippen LogP contribution in [-0.4, -0.2) is 19.2 Å². The summed E-state index contributed by atoms with van der Waals surface area (Å²) in [7, 11) is 3.18. The molecule has 0 aliphatic carbocycles. The number of benzene rings is 2. The van der Waals surface area contributed by atoms with E-state index >= 15 is 0 Å². The van der Waals surface area contributed by atoms with Crippen molar-refractivity contribution in [2.45, 2.75) is 0 Å². The number of nitrogens with zero attached hydrogens (tertiary/aromatic N) is 1. The molecule has 3 rings (SSSR count). The van der Waals surface area contributed by atoms with Gasteiger partial charge in [-0.05, 0) is 42.5 Å². The molecule has 0 atom stereocenters. The quantitative estimate of drug-likeness (QED) is 0.677. The lowest BCUT2D eigenvalue weighted by Gasteiger charge is -2.09. The maximum Gasteiger partial charge on any atom is 0.228 e. The summed E-state index contributed by atoms with van der Waals surface area (Å²) in [5.74, 6) is 1.73. The molecular formula is C16H13NO3S. The Bertz CT molecular complexity index is 858. The van der Waals surface area contributed by atoms with E-state index in [2.05, 4.69) is 4.98 Å². The number of hydrogen-bond donors (Lipinski definition) is 0. The highest BCUT2D eigenvalue weighted by Gasteiger charge is 2.10. The van der Waals surface area contributed by atoms with E-state index in [0.29, 0.717) is 22.1 Å². The van der Waals surface area contributed by atoms with Crippen LogP contribution in [0.2, 0.25) is 0 Å². The number of ether oxygens (including phenoxy) is 2. The molecular weight excluding hydrogens is 286 g/mol. The summed E-state index contributed by atoms with van der Waals surface area (Å²) in [5, 5.41) is 0.830. The largest absolute Gasteiger partial charge is 0.493 e. The van der Waals surface area contributed by atoms with Crippen molar-refractivity contribution in [2.75, 3.05) is 14.2 Å². The Morgan fingerprint density at radius 2 is 1.76 bits per heavy atom. The molecule has 0 bridgehead atoms. The molecule has 4 nitrogen and oxygen atoms in total. The minimum Gasteiger partial charge on any atom is -0.493 e. The van der Waals surface area contributed by atoms with E-state index in [0.717, 1.165) is 16.5 Å². The predicted octanol–water partition coefficient (Wildman–Crippen LogP) is 4.24. The first-order chi connectivity index (χ1) is 10.2. The van der Waals surface area contributed by atoms with Gasteiger partial charge in [0, 0.05) is 5.56 Å². The predicted molar refractivity (Wildman–Crippen MR) is 83.4 cm³/mol. The fourth-order valence-electron chi connectivity index (χ4n) is 2.11. The van der Waals surface area contributed by atoms with Gasteiger partial charge in [-0.2, -0.15) is 0 Å². The first-order valence-corrected chi connectivity index (χ1v) is 6.76. The topological polar surface area (TPSA) is 44.5 Å². The molecule has 106 valence electrons.